The fourth-order valence-corrected chi connectivity index (χ4v) is 4.49. The first-order chi connectivity index (χ1) is 12.6. The monoisotopic (exact) mass is 414 g/mol. The summed E-state index contributed by atoms with van der Waals surface area (Å²) in [6, 6.07) is 6.06. The van der Waals surface area contributed by atoms with Gasteiger partial charge >= 0.3 is 6.09 Å². The Kier molecular flexibility index (Phi) is 3.39. The molecule has 2 saturated heterocycles. The van der Waals surface area contributed by atoms with Crippen LogP contribution in [0.15, 0.2) is 41.4 Å². The number of carbonyl (C=O) groups is 1. The molecule has 0 spiro atoms. The van der Waals surface area contributed by atoms with E-state index < -0.39 is 6.09 Å². The van der Waals surface area contributed by atoms with Crippen molar-refractivity contribution in [2.45, 2.75) is 18.5 Å². The number of nitrogens with zero attached hydrogens (tertiary/aromatic N) is 6. The lowest BCUT2D eigenvalue weighted by Crippen LogP contribution is -2.48. The van der Waals surface area contributed by atoms with Crippen LogP contribution in [0.1, 0.15) is 6.42 Å². The number of hydrogen-bond donors (Lipinski definition) is 1. The molecule has 3 aromatic heterocycles. The summed E-state index contributed by atoms with van der Waals surface area (Å²) in [5.74, 6) is 0.851. The predicted molar refractivity (Wildman–Crippen MR) is 98.6 cm³/mol. The highest BCUT2D eigenvalue weighted by Gasteiger charge is 2.45. The standard InChI is InChI=1S/C17H15BrN6O2/c18-16-13-2-3-19-7-14(13)24(21-16)10-1-4-20-15(6-10)22-8-12-5-11(22)9-23(12)17(25)26/h1-4,6-7,11-12H,5,8-9H2,(H,25,26)/t11-,12-/m0/s1. The second-order valence-electron chi connectivity index (χ2n) is 6.60. The van der Waals surface area contributed by atoms with Gasteiger partial charge in [0.1, 0.15) is 10.4 Å². The molecule has 9 heteroatoms. The molecule has 132 valence electrons. The quantitative estimate of drug-likeness (QED) is 0.692. The lowest BCUT2D eigenvalue weighted by atomic mass is 10.2. The molecule has 0 aromatic carbocycles. The second kappa shape index (κ2) is 5.66. The summed E-state index contributed by atoms with van der Waals surface area (Å²) in [6.45, 7) is 1.21. The molecule has 3 aromatic rings. The van der Waals surface area contributed by atoms with E-state index in [0.717, 1.165) is 33.4 Å². The number of piperazine rings is 1. The van der Waals surface area contributed by atoms with E-state index >= 15 is 0 Å². The second-order valence-corrected chi connectivity index (χ2v) is 7.35. The van der Waals surface area contributed by atoms with Crippen molar-refractivity contribution >= 4 is 38.7 Å². The first-order valence-electron chi connectivity index (χ1n) is 8.32. The highest BCUT2D eigenvalue weighted by Crippen LogP contribution is 2.34. The van der Waals surface area contributed by atoms with Crippen LogP contribution in [0.4, 0.5) is 10.6 Å². The minimum atomic E-state index is -0.834. The van der Waals surface area contributed by atoms with Crippen LogP contribution < -0.4 is 4.90 Å². The number of hydrogen-bond acceptors (Lipinski definition) is 5. The number of anilines is 1. The van der Waals surface area contributed by atoms with Crippen molar-refractivity contribution in [2.24, 2.45) is 0 Å². The van der Waals surface area contributed by atoms with Gasteiger partial charge in [-0.25, -0.2) is 14.5 Å². The van der Waals surface area contributed by atoms with E-state index in [4.69, 9.17) is 0 Å². The molecule has 1 amide bonds. The Morgan fingerprint density at radius 2 is 2.12 bits per heavy atom. The Balaban J connectivity index is 1.50. The van der Waals surface area contributed by atoms with Crippen molar-refractivity contribution in [3.63, 3.8) is 0 Å². The summed E-state index contributed by atoms with van der Waals surface area (Å²) in [5.41, 5.74) is 1.81. The summed E-state index contributed by atoms with van der Waals surface area (Å²) in [4.78, 5) is 23.7. The molecule has 5 rings (SSSR count). The number of likely N-dealkylation sites (tertiary alicyclic amines) is 1. The first kappa shape index (κ1) is 15.6. The van der Waals surface area contributed by atoms with Crippen molar-refractivity contribution in [3.05, 3.63) is 41.4 Å². The van der Waals surface area contributed by atoms with Gasteiger partial charge in [0.15, 0.2) is 0 Å². The van der Waals surface area contributed by atoms with Crippen LogP contribution in [-0.4, -0.2) is 61.0 Å². The lowest BCUT2D eigenvalue weighted by molar-refractivity contribution is 0.137. The average Bonchev–Trinajstić information content (AvgIpc) is 3.35. The Labute approximate surface area is 157 Å². The number of amides is 1. The van der Waals surface area contributed by atoms with E-state index in [0.29, 0.717) is 13.1 Å². The Hall–Kier alpha value is -2.68. The molecule has 2 atom stereocenters. The van der Waals surface area contributed by atoms with E-state index in [1.807, 2.05) is 22.9 Å². The van der Waals surface area contributed by atoms with E-state index in [9.17, 15) is 9.90 Å². The van der Waals surface area contributed by atoms with Crippen LogP contribution in [0.3, 0.4) is 0 Å². The molecule has 8 nitrogen and oxygen atoms in total. The summed E-state index contributed by atoms with van der Waals surface area (Å²) in [7, 11) is 0. The molecular formula is C17H15BrN6O2. The third-order valence-electron chi connectivity index (χ3n) is 5.19. The van der Waals surface area contributed by atoms with Crippen molar-refractivity contribution in [1.29, 1.82) is 0 Å². The number of carboxylic acid groups (broad SMARTS) is 1. The molecule has 0 aliphatic carbocycles. The minimum Gasteiger partial charge on any atom is -0.465 e. The van der Waals surface area contributed by atoms with Crippen LogP contribution in [0, 0.1) is 0 Å². The van der Waals surface area contributed by atoms with Crippen LogP contribution in [0.5, 0.6) is 0 Å². The summed E-state index contributed by atoms with van der Waals surface area (Å²) in [6.07, 6.45) is 5.32. The van der Waals surface area contributed by atoms with Gasteiger partial charge in [-0.15, -0.1) is 0 Å². The van der Waals surface area contributed by atoms with E-state index in [2.05, 4.69) is 35.9 Å². The van der Waals surface area contributed by atoms with E-state index in [1.54, 1.807) is 18.6 Å². The fourth-order valence-electron chi connectivity index (χ4n) is 4.00. The van der Waals surface area contributed by atoms with Gasteiger partial charge < -0.3 is 14.9 Å². The number of aromatic nitrogens is 4. The van der Waals surface area contributed by atoms with Gasteiger partial charge in [0.2, 0.25) is 0 Å². The zero-order valence-corrected chi connectivity index (χ0v) is 15.2. The smallest absolute Gasteiger partial charge is 0.407 e. The van der Waals surface area contributed by atoms with Crippen LogP contribution in [-0.2, 0) is 0 Å². The van der Waals surface area contributed by atoms with Gasteiger partial charge in [-0.3, -0.25) is 4.98 Å². The van der Waals surface area contributed by atoms with Gasteiger partial charge in [-0.05, 0) is 34.5 Å². The van der Waals surface area contributed by atoms with E-state index in [-0.39, 0.29) is 12.1 Å². The predicted octanol–water partition coefficient (Wildman–Crippen LogP) is 2.52. The Morgan fingerprint density at radius 1 is 1.23 bits per heavy atom. The maximum Gasteiger partial charge on any atom is 0.407 e. The molecule has 0 unspecified atom stereocenters. The molecule has 1 N–H and O–H groups in total. The molecular weight excluding hydrogens is 400 g/mol. The number of halogens is 1. The summed E-state index contributed by atoms with van der Waals surface area (Å²) in [5, 5.41) is 14.8. The molecule has 0 radical (unpaired) electrons. The fraction of sp³-hybridized carbons (Fsp3) is 0.294. The van der Waals surface area contributed by atoms with E-state index in [1.165, 1.54) is 4.90 Å². The SMILES string of the molecule is O=C(O)N1C[C@@H]2C[C@H]1CN2c1cc(-n2nc(Br)c3ccncc32)ccn1. The van der Waals surface area contributed by atoms with Gasteiger partial charge in [0.25, 0.3) is 0 Å². The lowest BCUT2D eigenvalue weighted by Gasteiger charge is -2.33. The van der Waals surface area contributed by atoms with Gasteiger partial charge in [-0.1, -0.05) is 0 Å². The first-order valence-corrected chi connectivity index (χ1v) is 9.12. The number of fused-ring (bicyclic) bond motifs is 3. The summed E-state index contributed by atoms with van der Waals surface area (Å²) >= 11 is 3.50. The van der Waals surface area contributed by atoms with Crippen molar-refractivity contribution in [1.82, 2.24) is 24.6 Å². The van der Waals surface area contributed by atoms with Crippen molar-refractivity contribution < 1.29 is 9.90 Å². The van der Waals surface area contributed by atoms with Crippen LogP contribution in [0.2, 0.25) is 0 Å². The normalized spacial score (nSPS) is 21.7. The zero-order chi connectivity index (χ0) is 17.8. The average molecular weight is 415 g/mol. The molecule has 5 heterocycles. The highest BCUT2D eigenvalue weighted by atomic mass is 79.9. The molecule has 2 bridgehead atoms. The highest BCUT2D eigenvalue weighted by molar-refractivity contribution is 9.10. The largest absolute Gasteiger partial charge is 0.465 e. The molecule has 2 aliphatic heterocycles. The Bertz CT molecular complexity index is 1020. The Morgan fingerprint density at radius 3 is 2.88 bits per heavy atom. The molecule has 26 heavy (non-hydrogen) atoms. The maximum absolute atomic E-state index is 11.3. The number of rotatable bonds is 2. The van der Waals surface area contributed by atoms with Crippen LogP contribution in [0.25, 0.3) is 16.6 Å². The van der Waals surface area contributed by atoms with Crippen molar-refractivity contribution in [2.75, 3.05) is 18.0 Å². The molecule has 2 aliphatic rings. The number of pyridine rings is 2. The summed E-state index contributed by atoms with van der Waals surface area (Å²) < 4.78 is 2.61. The minimum absolute atomic E-state index is 0.0480. The molecule has 0 saturated carbocycles. The van der Waals surface area contributed by atoms with Crippen molar-refractivity contribution in [3.8, 4) is 5.69 Å². The van der Waals surface area contributed by atoms with Gasteiger partial charge in [0, 0.05) is 36.9 Å². The molecule has 2 fully saturated rings. The topological polar surface area (TPSA) is 87.4 Å². The zero-order valence-electron chi connectivity index (χ0n) is 13.7. The third kappa shape index (κ3) is 2.27. The maximum atomic E-state index is 11.3. The van der Waals surface area contributed by atoms with Gasteiger partial charge in [-0.2, -0.15) is 5.10 Å². The van der Waals surface area contributed by atoms with Gasteiger partial charge in [0.05, 0.1) is 29.5 Å². The third-order valence-corrected chi connectivity index (χ3v) is 5.78. The van der Waals surface area contributed by atoms with Crippen LogP contribution >= 0.6 is 15.9 Å².